The molecule has 0 amide bonds. The summed E-state index contributed by atoms with van der Waals surface area (Å²) >= 11 is 3.43. The average Bonchev–Trinajstić information content (AvgIpc) is 3.18. The van der Waals surface area contributed by atoms with Gasteiger partial charge in [-0.05, 0) is 42.7 Å². The Bertz CT molecular complexity index is 1140. The van der Waals surface area contributed by atoms with E-state index in [1.165, 1.54) is 12.3 Å². The number of fused-ring (bicyclic) bond motifs is 1. The van der Waals surface area contributed by atoms with Crippen molar-refractivity contribution in [2.75, 3.05) is 18.0 Å². The molecule has 1 N–H and O–H groups in total. The van der Waals surface area contributed by atoms with Gasteiger partial charge in [0.15, 0.2) is 0 Å². The van der Waals surface area contributed by atoms with Crippen molar-refractivity contribution in [1.29, 1.82) is 0 Å². The molecule has 3 aromatic rings. The predicted octanol–water partition coefficient (Wildman–Crippen LogP) is 4.25. The Morgan fingerprint density at radius 1 is 1.18 bits per heavy atom. The van der Waals surface area contributed by atoms with Crippen LogP contribution in [0, 0.1) is 5.82 Å². The summed E-state index contributed by atoms with van der Waals surface area (Å²) in [6.07, 6.45) is 3.35. The van der Waals surface area contributed by atoms with E-state index in [0.717, 1.165) is 36.0 Å². The number of benzene rings is 2. The fourth-order valence-corrected chi connectivity index (χ4v) is 4.16. The number of aromatic carboxylic acids is 1. The summed E-state index contributed by atoms with van der Waals surface area (Å²) in [5, 5.41) is 9.51. The molecule has 1 aromatic heterocycles. The quantitative estimate of drug-likeness (QED) is 0.653. The summed E-state index contributed by atoms with van der Waals surface area (Å²) in [6.45, 7) is 1.90. The first-order valence-corrected chi connectivity index (χ1v) is 9.83. The fraction of sp³-hybridized carbons (Fsp3) is 0.238. The number of nitrogens with zero attached hydrogens (tertiary/aromatic N) is 2. The molecule has 4 rings (SSSR count). The number of aromatic nitrogens is 1. The second-order valence-electron chi connectivity index (χ2n) is 6.95. The first-order valence-electron chi connectivity index (χ1n) is 9.03. The maximum absolute atomic E-state index is 14.8. The molecule has 0 atom stereocenters. The Balaban J connectivity index is 1.94. The first-order chi connectivity index (χ1) is 13.4. The topological polar surface area (TPSA) is 62.5 Å². The lowest BCUT2D eigenvalue weighted by Crippen LogP contribution is -2.22. The number of pyridine rings is 1. The largest absolute Gasteiger partial charge is 0.477 e. The van der Waals surface area contributed by atoms with Crippen LogP contribution in [0.4, 0.5) is 10.1 Å². The van der Waals surface area contributed by atoms with Crippen molar-refractivity contribution in [3.05, 3.63) is 74.2 Å². The Kier molecular flexibility index (Phi) is 4.93. The van der Waals surface area contributed by atoms with Crippen LogP contribution in [-0.4, -0.2) is 28.7 Å². The molecule has 2 aromatic carbocycles. The van der Waals surface area contributed by atoms with Crippen LogP contribution in [0.1, 0.15) is 28.8 Å². The van der Waals surface area contributed by atoms with Crippen LogP contribution in [0.5, 0.6) is 0 Å². The molecule has 0 saturated carbocycles. The van der Waals surface area contributed by atoms with E-state index in [0.29, 0.717) is 17.7 Å². The van der Waals surface area contributed by atoms with Gasteiger partial charge >= 0.3 is 5.97 Å². The van der Waals surface area contributed by atoms with E-state index in [1.54, 1.807) is 10.6 Å². The van der Waals surface area contributed by atoms with Crippen LogP contribution >= 0.6 is 15.9 Å². The Morgan fingerprint density at radius 2 is 1.93 bits per heavy atom. The lowest BCUT2D eigenvalue weighted by atomic mass is 10.1. The number of carboxylic acid groups (broad SMARTS) is 1. The van der Waals surface area contributed by atoms with Crippen LogP contribution in [0.25, 0.3) is 10.9 Å². The average molecular weight is 445 g/mol. The highest BCUT2D eigenvalue weighted by Gasteiger charge is 2.21. The van der Waals surface area contributed by atoms with E-state index in [2.05, 4.69) is 15.9 Å². The van der Waals surface area contributed by atoms with Gasteiger partial charge in [-0.3, -0.25) is 4.79 Å². The molecule has 5 nitrogen and oxygen atoms in total. The fourth-order valence-electron chi connectivity index (χ4n) is 3.71. The molecule has 1 fully saturated rings. The Hall–Kier alpha value is -2.67. The molecule has 0 radical (unpaired) electrons. The molecule has 0 bridgehead atoms. The van der Waals surface area contributed by atoms with Crippen LogP contribution in [0.15, 0.2) is 51.9 Å². The van der Waals surface area contributed by atoms with E-state index in [-0.39, 0.29) is 10.9 Å². The molecule has 7 heteroatoms. The minimum Gasteiger partial charge on any atom is -0.477 e. The minimum absolute atomic E-state index is 0.0790. The number of halogens is 2. The van der Waals surface area contributed by atoms with Crippen LogP contribution < -0.4 is 10.3 Å². The molecule has 2 heterocycles. The Morgan fingerprint density at radius 3 is 2.61 bits per heavy atom. The van der Waals surface area contributed by atoms with Gasteiger partial charge in [0.1, 0.15) is 11.4 Å². The number of anilines is 1. The van der Waals surface area contributed by atoms with Gasteiger partial charge < -0.3 is 14.6 Å². The maximum Gasteiger partial charge on any atom is 0.341 e. The van der Waals surface area contributed by atoms with Gasteiger partial charge in [-0.15, -0.1) is 0 Å². The summed E-state index contributed by atoms with van der Waals surface area (Å²) < 4.78 is 17.4. The number of hydrogen-bond acceptors (Lipinski definition) is 3. The van der Waals surface area contributed by atoms with Gasteiger partial charge in [0, 0.05) is 35.7 Å². The molecule has 0 spiro atoms. The summed E-state index contributed by atoms with van der Waals surface area (Å²) in [5.41, 5.74) is 0.882. The van der Waals surface area contributed by atoms with Gasteiger partial charge in [-0.1, -0.05) is 28.1 Å². The normalized spacial score (nSPS) is 14.0. The molecule has 1 saturated heterocycles. The molecular formula is C21H18BrFN2O3. The van der Waals surface area contributed by atoms with Crippen molar-refractivity contribution >= 4 is 38.5 Å². The zero-order valence-electron chi connectivity index (χ0n) is 15.0. The minimum atomic E-state index is -1.32. The van der Waals surface area contributed by atoms with Gasteiger partial charge in [-0.25, -0.2) is 9.18 Å². The SMILES string of the molecule is O=C(O)c1cn(Cc2cccc(Br)c2)c2cc(N3CCCC3)c(F)cc2c1=O. The van der Waals surface area contributed by atoms with Gasteiger partial charge in [0.05, 0.1) is 11.2 Å². The maximum atomic E-state index is 14.8. The van der Waals surface area contributed by atoms with Crippen molar-refractivity contribution in [2.24, 2.45) is 0 Å². The summed E-state index contributed by atoms with van der Waals surface area (Å²) in [4.78, 5) is 26.2. The lowest BCUT2D eigenvalue weighted by molar-refractivity contribution is 0.0695. The summed E-state index contributed by atoms with van der Waals surface area (Å²) in [7, 11) is 0. The predicted molar refractivity (Wildman–Crippen MR) is 110 cm³/mol. The van der Waals surface area contributed by atoms with Gasteiger partial charge in [-0.2, -0.15) is 0 Å². The molecule has 144 valence electrons. The van der Waals surface area contributed by atoms with Crippen LogP contribution in [-0.2, 0) is 6.54 Å². The molecule has 1 aliphatic rings. The zero-order valence-corrected chi connectivity index (χ0v) is 16.6. The van der Waals surface area contributed by atoms with Gasteiger partial charge in [0.2, 0.25) is 5.43 Å². The third-order valence-electron chi connectivity index (χ3n) is 5.07. The van der Waals surface area contributed by atoms with E-state index in [4.69, 9.17) is 0 Å². The molecular weight excluding hydrogens is 427 g/mol. The molecule has 0 unspecified atom stereocenters. The lowest BCUT2D eigenvalue weighted by Gasteiger charge is -2.20. The number of rotatable bonds is 4. The second-order valence-corrected chi connectivity index (χ2v) is 7.87. The van der Waals surface area contributed by atoms with E-state index in [9.17, 15) is 19.1 Å². The number of carboxylic acids is 1. The summed E-state index contributed by atoms with van der Waals surface area (Å²) in [6, 6.07) is 10.5. The summed E-state index contributed by atoms with van der Waals surface area (Å²) in [5.74, 6) is -1.82. The van der Waals surface area contributed by atoms with E-state index >= 15 is 0 Å². The highest BCUT2D eigenvalue weighted by atomic mass is 79.9. The van der Waals surface area contributed by atoms with Crippen molar-refractivity contribution in [3.8, 4) is 0 Å². The van der Waals surface area contributed by atoms with Crippen LogP contribution in [0.3, 0.4) is 0 Å². The number of carbonyl (C=O) groups is 1. The standard InChI is InChI=1S/C21H18BrFN2O3/c22-14-5-3-4-13(8-14)11-25-12-16(21(27)28)20(26)15-9-17(23)19(10-18(15)25)24-6-1-2-7-24/h3-5,8-10,12H,1-2,6-7,11H2,(H,27,28). The third-order valence-corrected chi connectivity index (χ3v) is 5.56. The third kappa shape index (κ3) is 3.42. The van der Waals surface area contributed by atoms with Crippen molar-refractivity contribution in [1.82, 2.24) is 4.57 Å². The van der Waals surface area contributed by atoms with Crippen LogP contribution in [0.2, 0.25) is 0 Å². The monoisotopic (exact) mass is 444 g/mol. The second kappa shape index (κ2) is 7.39. The van der Waals surface area contributed by atoms with E-state index < -0.39 is 17.2 Å². The molecule has 0 aliphatic carbocycles. The van der Waals surface area contributed by atoms with Gasteiger partial charge in [0.25, 0.3) is 0 Å². The number of hydrogen-bond donors (Lipinski definition) is 1. The highest BCUT2D eigenvalue weighted by molar-refractivity contribution is 9.10. The highest BCUT2D eigenvalue weighted by Crippen LogP contribution is 2.28. The Labute approximate surface area is 169 Å². The van der Waals surface area contributed by atoms with Crippen molar-refractivity contribution < 1.29 is 14.3 Å². The molecule has 28 heavy (non-hydrogen) atoms. The zero-order chi connectivity index (χ0) is 19.8. The van der Waals surface area contributed by atoms with Crippen molar-refractivity contribution in [2.45, 2.75) is 19.4 Å². The van der Waals surface area contributed by atoms with E-state index in [1.807, 2.05) is 29.2 Å². The van der Waals surface area contributed by atoms with Crippen molar-refractivity contribution in [3.63, 3.8) is 0 Å². The smallest absolute Gasteiger partial charge is 0.341 e. The first kappa shape index (κ1) is 18.7. The molecule has 1 aliphatic heterocycles.